The second-order valence-electron chi connectivity index (χ2n) is 10.4. The van der Waals surface area contributed by atoms with E-state index in [9.17, 15) is 8.42 Å². The zero-order valence-electron chi connectivity index (χ0n) is 23.4. The number of amidine groups is 1. The monoisotopic (exact) mass is 583 g/mol. The van der Waals surface area contributed by atoms with E-state index in [1.54, 1.807) is 24.4 Å². The van der Waals surface area contributed by atoms with Gasteiger partial charge in [-0.3, -0.25) is 19.6 Å². The molecule has 5 aromatic rings. The fourth-order valence-corrected chi connectivity index (χ4v) is 7.00. The van der Waals surface area contributed by atoms with Crippen molar-refractivity contribution in [1.82, 2.24) is 19.4 Å². The molecule has 216 valence electrons. The van der Waals surface area contributed by atoms with Gasteiger partial charge < -0.3 is 15.0 Å². The molecule has 1 saturated heterocycles. The SMILES string of the molecule is Cn1c(Cc2ccc(C(=N)N)cc2)nc2cc(N(CCN3CCOCC3)S(=O)(=O)c3cccc4cccnc34)ccc21. The Bertz CT molecular complexity index is 1860. The van der Waals surface area contributed by atoms with Gasteiger partial charge in [0.25, 0.3) is 10.0 Å². The highest BCUT2D eigenvalue weighted by atomic mass is 32.2. The summed E-state index contributed by atoms with van der Waals surface area (Å²) in [5.74, 6) is 0.878. The van der Waals surface area contributed by atoms with E-state index in [0.29, 0.717) is 48.5 Å². The first-order chi connectivity index (χ1) is 20.3. The van der Waals surface area contributed by atoms with Gasteiger partial charge in [-0.15, -0.1) is 0 Å². The Morgan fingerprint density at radius 3 is 2.57 bits per heavy atom. The number of benzene rings is 3. The Morgan fingerprint density at radius 2 is 1.81 bits per heavy atom. The van der Waals surface area contributed by atoms with Gasteiger partial charge in [-0.25, -0.2) is 13.4 Å². The van der Waals surface area contributed by atoms with Gasteiger partial charge in [0.05, 0.1) is 35.5 Å². The maximum absolute atomic E-state index is 14.3. The van der Waals surface area contributed by atoms with Crippen LogP contribution in [-0.2, 0) is 28.2 Å². The summed E-state index contributed by atoms with van der Waals surface area (Å²) in [6, 6.07) is 22.1. The number of ether oxygens (including phenoxy) is 1. The number of anilines is 1. The lowest BCUT2D eigenvalue weighted by Gasteiger charge is -2.31. The van der Waals surface area contributed by atoms with Crippen molar-refractivity contribution in [1.29, 1.82) is 5.41 Å². The van der Waals surface area contributed by atoms with Crippen molar-refractivity contribution in [2.24, 2.45) is 12.8 Å². The Balaban J connectivity index is 1.37. The Labute approximate surface area is 244 Å². The van der Waals surface area contributed by atoms with Crippen LogP contribution in [0.4, 0.5) is 5.69 Å². The summed E-state index contributed by atoms with van der Waals surface area (Å²) < 4.78 is 37.7. The molecule has 3 heterocycles. The van der Waals surface area contributed by atoms with Crippen molar-refractivity contribution in [2.45, 2.75) is 11.3 Å². The van der Waals surface area contributed by atoms with E-state index in [0.717, 1.165) is 35.4 Å². The lowest BCUT2D eigenvalue weighted by molar-refractivity contribution is 0.0395. The smallest absolute Gasteiger partial charge is 0.266 e. The van der Waals surface area contributed by atoms with Crippen molar-refractivity contribution in [3.8, 4) is 0 Å². The lowest BCUT2D eigenvalue weighted by Crippen LogP contribution is -2.43. The maximum Gasteiger partial charge on any atom is 0.266 e. The molecule has 0 radical (unpaired) electrons. The number of pyridine rings is 1. The third-order valence-corrected chi connectivity index (χ3v) is 9.62. The van der Waals surface area contributed by atoms with Crippen LogP contribution in [0.5, 0.6) is 0 Å². The molecule has 0 spiro atoms. The van der Waals surface area contributed by atoms with Crippen molar-refractivity contribution in [3.63, 3.8) is 0 Å². The van der Waals surface area contributed by atoms with Crippen LogP contribution >= 0.6 is 0 Å². The minimum atomic E-state index is -3.96. The molecular formula is C31H33N7O3S. The molecule has 1 aliphatic heterocycles. The van der Waals surface area contributed by atoms with E-state index < -0.39 is 10.0 Å². The molecule has 42 heavy (non-hydrogen) atoms. The van der Waals surface area contributed by atoms with Crippen LogP contribution in [0.2, 0.25) is 0 Å². The van der Waals surface area contributed by atoms with Gasteiger partial charge >= 0.3 is 0 Å². The van der Waals surface area contributed by atoms with E-state index in [2.05, 4.69) is 9.88 Å². The standard InChI is InChI=1S/C31H33N7O3S/c1-36-27-12-11-25(21-26(27)35-29(36)20-22-7-9-24(10-8-22)31(32)33)38(15-14-37-16-18-41-19-17-37)42(39,40)28-6-2-4-23-5-3-13-34-30(23)28/h2-13,21H,14-20H2,1H3,(H3,32,33). The molecule has 0 aliphatic carbocycles. The van der Waals surface area contributed by atoms with Crippen molar-refractivity contribution in [3.05, 3.63) is 95.9 Å². The van der Waals surface area contributed by atoms with Gasteiger partial charge in [-0.1, -0.05) is 42.5 Å². The van der Waals surface area contributed by atoms with E-state index in [4.69, 9.17) is 20.9 Å². The quantitative estimate of drug-likeness (QED) is 0.201. The molecule has 10 nitrogen and oxygen atoms in total. The van der Waals surface area contributed by atoms with Gasteiger partial charge in [0.2, 0.25) is 0 Å². The number of morpholine rings is 1. The minimum absolute atomic E-state index is 0.0317. The highest BCUT2D eigenvalue weighted by Crippen LogP contribution is 2.30. The van der Waals surface area contributed by atoms with Crippen molar-refractivity contribution >= 4 is 43.5 Å². The van der Waals surface area contributed by atoms with Crippen molar-refractivity contribution in [2.75, 3.05) is 43.7 Å². The van der Waals surface area contributed by atoms with Crippen LogP contribution in [0, 0.1) is 5.41 Å². The predicted octanol–water partition coefficient (Wildman–Crippen LogP) is 3.52. The first-order valence-electron chi connectivity index (χ1n) is 13.9. The van der Waals surface area contributed by atoms with Gasteiger partial charge in [0.1, 0.15) is 16.6 Å². The number of fused-ring (bicyclic) bond motifs is 2. The van der Waals surface area contributed by atoms with Crippen LogP contribution in [0.25, 0.3) is 21.9 Å². The van der Waals surface area contributed by atoms with Crippen LogP contribution in [0.15, 0.2) is 83.9 Å². The zero-order chi connectivity index (χ0) is 29.3. The molecule has 0 unspecified atom stereocenters. The van der Waals surface area contributed by atoms with E-state index in [1.807, 2.05) is 66.2 Å². The number of hydrogen-bond donors (Lipinski definition) is 2. The highest BCUT2D eigenvalue weighted by molar-refractivity contribution is 7.93. The molecule has 6 rings (SSSR count). The van der Waals surface area contributed by atoms with Crippen LogP contribution in [0.3, 0.4) is 0 Å². The number of rotatable bonds is 9. The normalized spacial score (nSPS) is 14.4. The number of para-hydroxylation sites is 1. The topological polar surface area (TPSA) is 130 Å². The Morgan fingerprint density at radius 1 is 1.05 bits per heavy atom. The Kier molecular flexibility index (Phi) is 7.63. The van der Waals surface area contributed by atoms with E-state index in [-0.39, 0.29) is 17.3 Å². The summed E-state index contributed by atoms with van der Waals surface area (Å²) >= 11 is 0. The third-order valence-electron chi connectivity index (χ3n) is 7.76. The summed E-state index contributed by atoms with van der Waals surface area (Å²) in [5, 5.41) is 8.39. The summed E-state index contributed by atoms with van der Waals surface area (Å²) in [5.41, 5.74) is 9.94. The summed E-state index contributed by atoms with van der Waals surface area (Å²) in [6.45, 7) is 3.65. The second kappa shape index (κ2) is 11.5. The molecule has 2 aromatic heterocycles. The maximum atomic E-state index is 14.3. The molecule has 3 N–H and O–H groups in total. The first-order valence-corrected chi connectivity index (χ1v) is 15.3. The van der Waals surface area contributed by atoms with E-state index >= 15 is 0 Å². The molecule has 0 saturated carbocycles. The van der Waals surface area contributed by atoms with Gasteiger partial charge in [-0.2, -0.15) is 0 Å². The van der Waals surface area contributed by atoms with Crippen molar-refractivity contribution < 1.29 is 13.2 Å². The third kappa shape index (κ3) is 5.46. The molecular weight excluding hydrogens is 550 g/mol. The number of imidazole rings is 1. The number of aromatic nitrogens is 3. The molecule has 0 amide bonds. The molecule has 0 bridgehead atoms. The number of nitrogens with two attached hydrogens (primary N) is 1. The van der Waals surface area contributed by atoms with Crippen LogP contribution in [0.1, 0.15) is 17.0 Å². The fourth-order valence-electron chi connectivity index (χ4n) is 5.38. The molecule has 3 aromatic carbocycles. The number of hydrogen-bond acceptors (Lipinski definition) is 7. The molecule has 11 heteroatoms. The average Bonchev–Trinajstić information content (AvgIpc) is 3.31. The zero-order valence-corrected chi connectivity index (χ0v) is 24.2. The Hall–Kier alpha value is -4.32. The van der Waals surface area contributed by atoms with E-state index in [1.165, 1.54) is 4.31 Å². The molecule has 1 fully saturated rings. The number of nitrogen functional groups attached to an aromatic ring is 1. The number of sulfonamides is 1. The van der Waals surface area contributed by atoms with Gasteiger partial charge in [0.15, 0.2) is 0 Å². The molecule has 1 aliphatic rings. The largest absolute Gasteiger partial charge is 0.384 e. The number of nitrogens with zero attached hydrogens (tertiary/aromatic N) is 5. The van der Waals surface area contributed by atoms with Crippen LogP contribution in [-0.4, -0.2) is 73.1 Å². The summed E-state index contributed by atoms with van der Waals surface area (Å²) in [4.78, 5) is 11.7. The van der Waals surface area contributed by atoms with Gasteiger partial charge in [0, 0.05) is 56.8 Å². The second-order valence-corrected chi connectivity index (χ2v) is 12.2. The average molecular weight is 584 g/mol. The lowest BCUT2D eigenvalue weighted by atomic mass is 10.1. The number of aryl methyl sites for hydroxylation is 1. The van der Waals surface area contributed by atoms with Crippen LogP contribution < -0.4 is 10.0 Å². The summed E-state index contributed by atoms with van der Waals surface area (Å²) in [6.07, 6.45) is 2.20. The predicted molar refractivity (Wildman–Crippen MR) is 165 cm³/mol. The molecule has 0 atom stereocenters. The first kappa shape index (κ1) is 27.8. The summed E-state index contributed by atoms with van der Waals surface area (Å²) in [7, 11) is -2.00. The van der Waals surface area contributed by atoms with Gasteiger partial charge in [-0.05, 0) is 35.9 Å². The minimum Gasteiger partial charge on any atom is -0.384 e. The fraction of sp³-hybridized carbons (Fsp3) is 0.258. The number of nitrogens with one attached hydrogen (secondary N) is 1. The highest BCUT2D eigenvalue weighted by Gasteiger charge is 2.29.